The Bertz CT molecular complexity index is 1480. The van der Waals surface area contributed by atoms with Gasteiger partial charge in [0.25, 0.3) is 5.56 Å². The minimum Gasteiger partial charge on any atom is -0.497 e. The van der Waals surface area contributed by atoms with Crippen molar-refractivity contribution in [3.63, 3.8) is 0 Å². The van der Waals surface area contributed by atoms with Crippen molar-refractivity contribution in [2.45, 2.75) is 6.04 Å². The van der Waals surface area contributed by atoms with Crippen LogP contribution in [0, 0.1) is 0 Å². The van der Waals surface area contributed by atoms with Crippen LogP contribution in [0.2, 0.25) is 0 Å². The van der Waals surface area contributed by atoms with Gasteiger partial charge in [-0.2, -0.15) is 0 Å². The molecule has 2 heterocycles. The monoisotopic (exact) mass is 454 g/mol. The van der Waals surface area contributed by atoms with E-state index < -0.39 is 0 Å². The highest BCUT2D eigenvalue weighted by Crippen LogP contribution is 2.28. The first-order valence-electron chi connectivity index (χ1n) is 10.5. The van der Waals surface area contributed by atoms with Crippen LogP contribution in [0.3, 0.4) is 0 Å². The normalized spacial score (nSPS) is 15.4. The van der Waals surface area contributed by atoms with Crippen LogP contribution in [0.1, 0.15) is 22.7 Å². The number of hydrogen-bond acceptors (Lipinski definition) is 5. The Kier molecular flexibility index (Phi) is 5.67. The van der Waals surface area contributed by atoms with E-state index >= 15 is 0 Å². The first-order chi connectivity index (χ1) is 16.2. The second-order valence-corrected chi connectivity index (χ2v) is 8.60. The maximum atomic E-state index is 13.5. The van der Waals surface area contributed by atoms with Gasteiger partial charge in [-0.25, -0.2) is 4.99 Å². The smallest absolute Gasteiger partial charge is 0.271 e. The number of thiazole rings is 1. The lowest BCUT2D eigenvalue weighted by Crippen LogP contribution is -2.36. The molecule has 5 nitrogen and oxygen atoms in total. The molecule has 0 fully saturated rings. The van der Waals surface area contributed by atoms with Crippen molar-refractivity contribution in [1.82, 2.24) is 4.57 Å². The molecule has 0 bridgehead atoms. The topological polar surface area (TPSA) is 52.8 Å². The van der Waals surface area contributed by atoms with Crippen molar-refractivity contribution in [3.05, 3.63) is 121 Å². The first-order valence-corrected chi connectivity index (χ1v) is 11.3. The van der Waals surface area contributed by atoms with Crippen molar-refractivity contribution < 1.29 is 9.47 Å². The van der Waals surface area contributed by atoms with E-state index in [0.717, 1.165) is 33.9 Å². The first kappa shape index (κ1) is 21.0. The molecule has 0 N–H and O–H groups in total. The van der Waals surface area contributed by atoms with Crippen molar-refractivity contribution >= 4 is 23.1 Å². The van der Waals surface area contributed by atoms with Crippen LogP contribution in [0.5, 0.6) is 11.5 Å². The molecule has 0 saturated heterocycles. The van der Waals surface area contributed by atoms with Gasteiger partial charge >= 0.3 is 0 Å². The van der Waals surface area contributed by atoms with Crippen molar-refractivity contribution in [3.8, 4) is 11.5 Å². The van der Waals surface area contributed by atoms with Gasteiger partial charge in [0.15, 0.2) is 4.80 Å². The lowest BCUT2D eigenvalue weighted by molar-refractivity contribution is 0.414. The average molecular weight is 455 g/mol. The van der Waals surface area contributed by atoms with Gasteiger partial charge < -0.3 is 9.47 Å². The fourth-order valence-corrected chi connectivity index (χ4v) is 4.86. The van der Waals surface area contributed by atoms with E-state index in [9.17, 15) is 4.79 Å². The van der Waals surface area contributed by atoms with E-state index in [0.29, 0.717) is 9.33 Å². The van der Waals surface area contributed by atoms with Crippen LogP contribution in [0.15, 0.2) is 94.7 Å². The number of rotatable bonds is 5. The zero-order chi connectivity index (χ0) is 22.8. The summed E-state index contributed by atoms with van der Waals surface area (Å²) in [6.45, 7) is 0. The quantitative estimate of drug-likeness (QED) is 0.458. The van der Waals surface area contributed by atoms with Gasteiger partial charge in [0, 0.05) is 0 Å². The third-order valence-corrected chi connectivity index (χ3v) is 6.57. The third-order valence-electron chi connectivity index (χ3n) is 5.59. The van der Waals surface area contributed by atoms with E-state index in [1.807, 2.05) is 84.9 Å². The summed E-state index contributed by atoms with van der Waals surface area (Å²) in [6, 6.07) is 25.2. The Labute approximate surface area is 195 Å². The lowest BCUT2D eigenvalue weighted by atomic mass is 10.0. The van der Waals surface area contributed by atoms with E-state index in [1.165, 1.54) is 11.3 Å². The number of benzene rings is 3. The number of methoxy groups -OCH3 is 2. The Hall–Kier alpha value is -3.90. The van der Waals surface area contributed by atoms with E-state index in [4.69, 9.17) is 14.5 Å². The Morgan fingerprint density at radius 1 is 0.879 bits per heavy atom. The molecule has 164 valence electrons. The highest BCUT2D eigenvalue weighted by atomic mass is 32.1. The number of hydrogen-bond donors (Lipinski definition) is 0. The zero-order valence-corrected chi connectivity index (χ0v) is 19.1. The minimum atomic E-state index is -0.264. The lowest BCUT2D eigenvalue weighted by Gasteiger charge is -2.20. The second kappa shape index (κ2) is 8.92. The molecule has 0 unspecified atom stereocenters. The molecule has 0 amide bonds. The van der Waals surface area contributed by atoms with Crippen LogP contribution < -0.4 is 24.4 Å². The van der Waals surface area contributed by atoms with E-state index in [1.54, 1.807) is 18.8 Å². The molecule has 1 atom stereocenters. The molecule has 6 heteroatoms. The third kappa shape index (κ3) is 4.13. The fourth-order valence-electron chi connectivity index (χ4n) is 3.84. The summed E-state index contributed by atoms with van der Waals surface area (Å²) < 4.78 is 13.0. The maximum absolute atomic E-state index is 13.5. The summed E-state index contributed by atoms with van der Waals surface area (Å²) in [4.78, 5) is 19.0. The van der Waals surface area contributed by atoms with Gasteiger partial charge in [0.05, 0.1) is 30.5 Å². The van der Waals surface area contributed by atoms with Gasteiger partial charge in [-0.1, -0.05) is 65.9 Å². The minimum absolute atomic E-state index is 0.0567. The summed E-state index contributed by atoms with van der Waals surface area (Å²) in [5.74, 6) is 1.55. The van der Waals surface area contributed by atoms with Gasteiger partial charge in [-0.15, -0.1) is 0 Å². The predicted molar refractivity (Wildman–Crippen MR) is 131 cm³/mol. The largest absolute Gasteiger partial charge is 0.497 e. The van der Waals surface area contributed by atoms with Gasteiger partial charge in [-0.3, -0.25) is 9.36 Å². The predicted octanol–water partition coefficient (Wildman–Crippen LogP) is 4.02. The average Bonchev–Trinajstić information content (AvgIpc) is 3.19. The van der Waals surface area contributed by atoms with Crippen LogP contribution >= 0.6 is 11.3 Å². The summed E-state index contributed by atoms with van der Waals surface area (Å²) in [7, 11) is 3.28. The van der Waals surface area contributed by atoms with Crippen molar-refractivity contribution in [1.29, 1.82) is 0 Å². The van der Waals surface area contributed by atoms with Gasteiger partial charge in [-0.05, 0) is 53.1 Å². The molecule has 1 aliphatic heterocycles. The molecule has 1 aliphatic rings. The number of fused-ring (bicyclic) bond motifs is 1. The number of allylic oxidation sites excluding steroid dienone is 1. The SMILES string of the molecule is COc1ccc(/C=c2\sc3n(c2=O)[C@@H](c2ccc(OC)cc2)C=C(c2ccccc2)N=3)cc1. The van der Waals surface area contributed by atoms with E-state index in [-0.39, 0.29) is 11.6 Å². The molecular formula is C27H22N2O3S. The highest BCUT2D eigenvalue weighted by Gasteiger charge is 2.22. The molecule has 3 aromatic carbocycles. The van der Waals surface area contributed by atoms with Crippen LogP contribution in [0.4, 0.5) is 0 Å². The number of ether oxygens (including phenoxy) is 2. The Morgan fingerprint density at radius 2 is 1.52 bits per heavy atom. The van der Waals surface area contributed by atoms with Crippen molar-refractivity contribution in [2.24, 2.45) is 4.99 Å². The van der Waals surface area contributed by atoms with Crippen LogP contribution in [0.25, 0.3) is 11.8 Å². The molecule has 4 aromatic rings. The molecular weight excluding hydrogens is 432 g/mol. The van der Waals surface area contributed by atoms with Gasteiger partial charge in [0.2, 0.25) is 0 Å². The summed E-state index contributed by atoms with van der Waals surface area (Å²) in [6.07, 6.45) is 3.95. The molecule has 0 spiro atoms. The summed E-state index contributed by atoms with van der Waals surface area (Å²) in [5.41, 5.74) is 3.75. The summed E-state index contributed by atoms with van der Waals surface area (Å²) in [5, 5.41) is 0. The van der Waals surface area contributed by atoms with Gasteiger partial charge in [0.1, 0.15) is 11.5 Å². The number of nitrogens with zero attached hydrogens (tertiary/aromatic N) is 2. The van der Waals surface area contributed by atoms with Crippen LogP contribution in [-0.4, -0.2) is 18.8 Å². The molecule has 33 heavy (non-hydrogen) atoms. The molecule has 0 radical (unpaired) electrons. The number of aromatic nitrogens is 1. The molecule has 5 rings (SSSR count). The molecule has 1 aromatic heterocycles. The Balaban J connectivity index is 1.68. The fraction of sp³-hybridized carbons (Fsp3) is 0.111. The summed E-state index contributed by atoms with van der Waals surface area (Å²) >= 11 is 1.40. The maximum Gasteiger partial charge on any atom is 0.271 e. The standard InChI is InChI=1S/C27H22N2O3S/c1-31-21-12-8-18(9-13-21)16-25-26(30)29-24(20-10-14-22(32-2)15-11-20)17-23(28-27(29)33-25)19-6-4-3-5-7-19/h3-17,24H,1-2H3/b25-16-/t24-/m1/s1. The van der Waals surface area contributed by atoms with Crippen LogP contribution in [-0.2, 0) is 0 Å². The molecule has 0 aliphatic carbocycles. The zero-order valence-electron chi connectivity index (χ0n) is 18.3. The molecule has 0 saturated carbocycles. The Morgan fingerprint density at radius 3 is 2.15 bits per heavy atom. The second-order valence-electron chi connectivity index (χ2n) is 7.59. The van der Waals surface area contributed by atoms with E-state index in [2.05, 4.69) is 6.08 Å². The van der Waals surface area contributed by atoms with Crippen molar-refractivity contribution in [2.75, 3.05) is 14.2 Å². The highest BCUT2D eigenvalue weighted by molar-refractivity contribution is 7.07.